The highest BCUT2D eigenvalue weighted by atomic mass is 35.5. The molecule has 0 saturated heterocycles. The molecule has 1 aromatic carbocycles. The van der Waals surface area contributed by atoms with Crippen molar-refractivity contribution in [3.63, 3.8) is 0 Å². The van der Waals surface area contributed by atoms with Crippen LogP contribution >= 0.6 is 22.9 Å². The summed E-state index contributed by atoms with van der Waals surface area (Å²) < 4.78 is 7.53. The summed E-state index contributed by atoms with van der Waals surface area (Å²) in [5, 5.41) is 13.3. The van der Waals surface area contributed by atoms with Crippen LogP contribution in [-0.4, -0.2) is 39.5 Å². The number of aromatic nitrogens is 3. The van der Waals surface area contributed by atoms with Crippen LogP contribution < -0.4 is 11.1 Å². The molecular formula is C29H25ClN6O2S. The number of rotatable bonds is 4. The van der Waals surface area contributed by atoms with Crippen LogP contribution in [0.2, 0.25) is 5.02 Å². The molecule has 39 heavy (non-hydrogen) atoms. The molecule has 196 valence electrons. The minimum atomic E-state index is -0.544. The normalized spacial score (nSPS) is 13.7. The number of aryl methyl sites for hydroxylation is 2. The van der Waals surface area contributed by atoms with Gasteiger partial charge in [0, 0.05) is 21.0 Å². The maximum Gasteiger partial charge on any atom is 0.223 e. The largest absolute Gasteiger partial charge is 0.439 e. The average molecular weight is 557 g/mol. The number of aliphatic imine (C=N–C) groups is 1. The van der Waals surface area contributed by atoms with Crippen molar-refractivity contribution in [2.24, 2.45) is 10.7 Å². The van der Waals surface area contributed by atoms with Gasteiger partial charge in [-0.25, -0.2) is 0 Å². The van der Waals surface area contributed by atoms with Gasteiger partial charge in [-0.1, -0.05) is 35.6 Å². The fourth-order valence-electron chi connectivity index (χ4n) is 4.26. The van der Waals surface area contributed by atoms with E-state index in [0.717, 1.165) is 33.2 Å². The van der Waals surface area contributed by atoms with Crippen LogP contribution in [-0.2, 0) is 4.79 Å². The summed E-state index contributed by atoms with van der Waals surface area (Å²) in [7, 11) is 0. The molecular weight excluding hydrogens is 532 g/mol. The van der Waals surface area contributed by atoms with Gasteiger partial charge < -0.3 is 15.5 Å². The van der Waals surface area contributed by atoms with Crippen LogP contribution in [0.15, 0.2) is 45.8 Å². The summed E-state index contributed by atoms with van der Waals surface area (Å²) in [5.74, 6) is 13.5. The Labute approximate surface area is 235 Å². The number of halogens is 1. The summed E-state index contributed by atoms with van der Waals surface area (Å²) >= 11 is 7.84. The Balaban J connectivity index is 1.41. The van der Waals surface area contributed by atoms with Crippen LogP contribution in [0.25, 0.3) is 5.00 Å². The molecule has 0 bridgehead atoms. The van der Waals surface area contributed by atoms with Crippen LogP contribution in [0, 0.1) is 44.5 Å². The van der Waals surface area contributed by atoms with E-state index in [9.17, 15) is 4.79 Å². The Hall–Kier alpha value is -4.15. The zero-order valence-corrected chi connectivity index (χ0v) is 23.2. The fraction of sp³-hybridized carbons (Fsp3) is 0.241. The number of carbonyl (C=O) groups excluding carboxylic acids is 1. The number of carbonyl (C=O) groups is 1. The van der Waals surface area contributed by atoms with Gasteiger partial charge >= 0.3 is 0 Å². The van der Waals surface area contributed by atoms with Gasteiger partial charge in [0.25, 0.3) is 0 Å². The number of amides is 1. The van der Waals surface area contributed by atoms with E-state index in [1.165, 1.54) is 4.88 Å². The number of benzene rings is 1. The molecule has 1 amide bonds. The number of fused-ring (bicyclic) bond motifs is 3. The molecule has 1 aliphatic heterocycles. The average Bonchev–Trinajstić information content (AvgIpc) is 3.59. The lowest BCUT2D eigenvalue weighted by molar-refractivity contribution is -0.121. The predicted octanol–water partition coefficient (Wildman–Crippen LogP) is 4.26. The zero-order chi connectivity index (χ0) is 27.5. The lowest BCUT2D eigenvalue weighted by Gasteiger charge is -2.12. The molecule has 8 nitrogen and oxygen atoms in total. The fourth-order valence-corrected chi connectivity index (χ4v) is 5.60. The molecule has 0 aliphatic carbocycles. The van der Waals surface area contributed by atoms with Crippen molar-refractivity contribution < 1.29 is 9.21 Å². The summed E-state index contributed by atoms with van der Waals surface area (Å²) in [5.41, 5.74) is 9.26. The van der Waals surface area contributed by atoms with Crippen molar-refractivity contribution in [2.45, 2.75) is 33.2 Å². The number of hydrogen-bond acceptors (Lipinski definition) is 7. The van der Waals surface area contributed by atoms with E-state index >= 15 is 0 Å². The van der Waals surface area contributed by atoms with Gasteiger partial charge in [0.05, 0.1) is 25.2 Å². The highest BCUT2D eigenvalue weighted by molar-refractivity contribution is 7.15. The van der Waals surface area contributed by atoms with E-state index in [1.807, 2.05) is 35.8 Å². The van der Waals surface area contributed by atoms with Gasteiger partial charge in [0.2, 0.25) is 5.91 Å². The Morgan fingerprint density at radius 3 is 2.54 bits per heavy atom. The number of nitrogens with one attached hydrogen (secondary N) is 1. The van der Waals surface area contributed by atoms with E-state index < -0.39 is 6.04 Å². The second kappa shape index (κ2) is 11.3. The van der Waals surface area contributed by atoms with Gasteiger partial charge in [-0.15, -0.1) is 21.5 Å². The van der Waals surface area contributed by atoms with E-state index in [-0.39, 0.29) is 25.4 Å². The number of nitrogens with zero attached hydrogens (tertiary/aromatic N) is 4. The molecule has 0 spiro atoms. The zero-order valence-electron chi connectivity index (χ0n) is 21.6. The first-order valence-electron chi connectivity index (χ1n) is 12.3. The van der Waals surface area contributed by atoms with Crippen molar-refractivity contribution in [1.82, 2.24) is 20.1 Å². The second-order valence-electron chi connectivity index (χ2n) is 8.86. The lowest BCUT2D eigenvalue weighted by Crippen LogP contribution is -2.25. The first kappa shape index (κ1) is 26.5. The molecule has 3 N–H and O–H groups in total. The summed E-state index contributed by atoms with van der Waals surface area (Å²) in [6.45, 7) is 6.50. The number of nitrogens with two attached hydrogens (primary N) is 1. The van der Waals surface area contributed by atoms with Crippen molar-refractivity contribution >= 4 is 34.6 Å². The number of thiophene rings is 1. The monoisotopic (exact) mass is 556 g/mol. The molecule has 10 heteroatoms. The van der Waals surface area contributed by atoms with Gasteiger partial charge in [-0.2, -0.15) is 0 Å². The van der Waals surface area contributed by atoms with Crippen molar-refractivity contribution in [3.05, 3.63) is 86.2 Å². The van der Waals surface area contributed by atoms with Crippen LogP contribution in [0.1, 0.15) is 57.2 Å². The Morgan fingerprint density at radius 1 is 1.10 bits per heavy atom. The minimum Gasteiger partial charge on any atom is -0.439 e. The summed E-state index contributed by atoms with van der Waals surface area (Å²) in [4.78, 5) is 19.3. The second-order valence-corrected chi connectivity index (χ2v) is 10.5. The summed E-state index contributed by atoms with van der Waals surface area (Å²) in [6.07, 6.45) is 0.0868. The molecule has 4 aromatic rings. The first-order valence-corrected chi connectivity index (χ1v) is 13.5. The molecule has 0 saturated carbocycles. The molecule has 5 rings (SSSR count). The molecule has 1 atom stereocenters. The van der Waals surface area contributed by atoms with Crippen LogP contribution in [0.4, 0.5) is 0 Å². The van der Waals surface area contributed by atoms with Crippen LogP contribution in [0.3, 0.4) is 0 Å². The SMILES string of the molecule is Cc1sc2c(c1C)C(c1ccc(Cl)cc1)=NC(CC(=O)NCC#Cc1ccc(C#CCN)o1)c1nnc(C)n1-2. The van der Waals surface area contributed by atoms with Gasteiger partial charge in [-0.05, 0) is 62.4 Å². The quantitative estimate of drug-likeness (QED) is 0.365. The number of furan rings is 1. The molecule has 3 aromatic heterocycles. The van der Waals surface area contributed by atoms with Gasteiger partial charge in [-0.3, -0.25) is 14.4 Å². The maximum absolute atomic E-state index is 13.0. The maximum atomic E-state index is 13.0. The predicted molar refractivity (Wildman–Crippen MR) is 152 cm³/mol. The molecule has 1 aliphatic rings. The lowest BCUT2D eigenvalue weighted by atomic mass is 9.99. The van der Waals surface area contributed by atoms with E-state index in [4.69, 9.17) is 26.7 Å². The number of hydrogen-bond donors (Lipinski definition) is 2. The van der Waals surface area contributed by atoms with Gasteiger partial charge in [0.1, 0.15) is 16.9 Å². The molecule has 0 fully saturated rings. The third-order valence-electron chi connectivity index (χ3n) is 6.24. The topological polar surface area (TPSA) is 111 Å². The summed E-state index contributed by atoms with van der Waals surface area (Å²) in [6, 6.07) is 10.5. The molecule has 4 heterocycles. The van der Waals surface area contributed by atoms with Crippen molar-refractivity contribution in [3.8, 4) is 28.7 Å². The third kappa shape index (κ3) is 5.52. The third-order valence-corrected chi connectivity index (χ3v) is 7.69. The van der Waals surface area contributed by atoms with Crippen molar-refractivity contribution in [2.75, 3.05) is 13.1 Å². The Morgan fingerprint density at radius 2 is 1.82 bits per heavy atom. The van der Waals surface area contributed by atoms with E-state index in [1.54, 1.807) is 23.5 Å². The van der Waals surface area contributed by atoms with Crippen molar-refractivity contribution in [1.29, 1.82) is 0 Å². The smallest absolute Gasteiger partial charge is 0.223 e. The van der Waals surface area contributed by atoms with Crippen LogP contribution in [0.5, 0.6) is 0 Å². The highest BCUT2D eigenvalue weighted by Crippen LogP contribution is 2.39. The minimum absolute atomic E-state index is 0.0868. The highest BCUT2D eigenvalue weighted by Gasteiger charge is 2.32. The van der Waals surface area contributed by atoms with Gasteiger partial charge in [0.15, 0.2) is 17.3 Å². The molecule has 0 radical (unpaired) electrons. The molecule has 1 unspecified atom stereocenters. The Bertz CT molecular complexity index is 1710. The van der Waals surface area contributed by atoms with E-state index in [0.29, 0.717) is 22.4 Å². The Kier molecular flexibility index (Phi) is 7.67. The first-order chi connectivity index (χ1) is 18.9. The van der Waals surface area contributed by atoms with E-state index in [2.05, 4.69) is 53.0 Å². The standard InChI is InChI=1S/C29H25ClN6O2S/c1-17-18(2)39-29-26(17)27(20-8-10-21(30)11-9-20)33-24(28-35-34-19(3)36(28)29)16-25(37)32-15-5-7-23-13-12-22(38-23)6-4-14-31/h8-13,24H,14-16,31H2,1-3H3,(H,32,37).